The van der Waals surface area contributed by atoms with Crippen LogP contribution in [0.5, 0.6) is 5.75 Å². The zero-order valence-electron chi connectivity index (χ0n) is 12.7. The number of nitrogens with zero attached hydrogens (tertiary/aromatic N) is 1. The van der Waals surface area contributed by atoms with Crippen LogP contribution in [-0.2, 0) is 0 Å². The molecule has 1 N–H and O–H groups in total. The predicted molar refractivity (Wildman–Crippen MR) is 85.3 cm³/mol. The first-order valence-corrected chi connectivity index (χ1v) is 7.54. The highest BCUT2D eigenvalue weighted by Gasteiger charge is 2.06. The van der Waals surface area contributed by atoms with E-state index in [9.17, 15) is 0 Å². The molecule has 1 saturated heterocycles. The number of ether oxygens (including phenoxy) is 1. The summed E-state index contributed by atoms with van der Waals surface area (Å²) >= 11 is 0. The quantitative estimate of drug-likeness (QED) is 0.893. The minimum Gasteiger partial charge on any atom is -0.496 e. The van der Waals surface area contributed by atoms with Gasteiger partial charge < -0.3 is 15.0 Å². The van der Waals surface area contributed by atoms with E-state index in [4.69, 9.17) is 4.74 Å². The molecule has 0 amide bonds. The lowest BCUT2D eigenvalue weighted by atomic mass is 10.1. The highest BCUT2D eigenvalue weighted by atomic mass is 16.5. The van der Waals surface area contributed by atoms with Crippen molar-refractivity contribution in [3.05, 3.63) is 35.4 Å². The fraction of sp³-hybridized carbons (Fsp3) is 0.529. The third-order valence-corrected chi connectivity index (χ3v) is 3.73. The topological polar surface area (TPSA) is 24.5 Å². The van der Waals surface area contributed by atoms with Gasteiger partial charge in [0.25, 0.3) is 0 Å². The van der Waals surface area contributed by atoms with Crippen molar-refractivity contribution in [2.24, 2.45) is 0 Å². The second-order valence-electron chi connectivity index (χ2n) is 5.38. The monoisotopic (exact) mass is 274 g/mol. The molecule has 2 rings (SSSR count). The summed E-state index contributed by atoms with van der Waals surface area (Å²) in [6, 6.07) is 6.29. The average molecular weight is 274 g/mol. The maximum absolute atomic E-state index is 5.39. The fourth-order valence-electron chi connectivity index (χ4n) is 2.58. The molecule has 0 radical (unpaired) electrons. The molecule has 1 fully saturated rings. The Labute approximate surface area is 122 Å². The Morgan fingerprint density at radius 3 is 3.05 bits per heavy atom. The molecule has 1 aromatic rings. The summed E-state index contributed by atoms with van der Waals surface area (Å²) in [6.07, 6.45) is 6.80. The van der Waals surface area contributed by atoms with Gasteiger partial charge in [-0.25, -0.2) is 0 Å². The van der Waals surface area contributed by atoms with Crippen LogP contribution in [0.4, 0.5) is 0 Å². The third kappa shape index (κ3) is 4.66. The maximum atomic E-state index is 5.39. The summed E-state index contributed by atoms with van der Waals surface area (Å²) in [5, 5.41) is 3.44. The van der Waals surface area contributed by atoms with Crippen LogP contribution in [0.2, 0.25) is 0 Å². The zero-order chi connectivity index (χ0) is 14.2. The van der Waals surface area contributed by atoms with E-state index in [2.05, 4.69) is 41.4 Å². The normalized spacial score (nSPS) is 17.3. The summed E-state index contributed by atoms with van der Waals surface area (Å²) in [6.45, 7) is 7.92. The Bertz CT molecular complexity index is 435. The molecule has 0 saturated carbocycles. The third-order valence-electron chi connectivity index (χ3n) is 3.73. The lowest BCUT2D eigenvalue weighted by molar-refractivity contribution is 0.298. The van der Waals surface area contributed by atoms with E-state index in [1.54, 1.807) is 7.11 Å². The molecule has 0 aliphatic carbocycles. The largest absolute Gasteiger partial charge is 0.496 e. The Hall–Kier alpha value is -1.32. The van der Waals surface area contributed by atoms with Gasteiger partial charge in [0.2, 0.25) is 0 Å². The van der Waals surface area contributed by atoms with E-state index in [-0.39, 0.29) is 0 Å². The molecule has 0 aromatic heterocycles. The molecular formula is C17H26N2O. The van der Waals surface area contributed by atoms with Gasteiger partial charge in [-0.1, -0.05) is 23.8 Å². The predicted octanol–water partition coefficient (Wildman–Crippen LogP) is 2.70. The van der Waals surface area contributed by atoms with E-state index >= 15 is 0 Å². The Morgan fingerprint density at radius 1 is 1.30 bits per heavy atom. The van der Waals surface area contributed by atoms with E-state index in [0.29, 0.717) is 0 Å². The van der Waals surface area contributed by atoms with Crippen LogP contribution in [-0.4, -0.2) is 44.7 Å². The Morgan fingerprint density at radius 2 is 2.20 bits per heavy atom. The van der Waals surface area contributed by atoms with Gasteiger partial charge in [0.05, 0.1) is 7.11 Å². The number of benzene rings is 1. The van der Waals surface area contributed by atoms with Crippen LogP contribution in [0.25, 0.3) is 6.08 Å². The molecule has 1 aliphatic heterocycles. The van der Waals surface area contributed by atoms with Crippen LogP contribution in [0.15, 0.2) is 24.3 Å². The van der Waals surface area contributed by atoms with Crippen molar-refractivity contribution in [2.45, 2.75) is 19.8 Å². The van der Waals surface area contributed by atoms with Gasteiger partial charge in [-0.15, -0.1) is 0 Å². The van der Waals surface area contributed by atoms with Crippen LogP contribution >= 0.6 is 0 Å². The number of nitrogens with one attached hydrogen (secondary N) is 1. The van der Waals surface area contributed by atoms with Crippen molar-refractivity contribution in [2.75, 3.05) is 39.8 Å². The molecule has 0 unspecified atom stereocenters. The molecule has 3 heteroatoms. The standard InChI is InChI=1S/C17H26N2O/c1-15-7-8-17(20-2)16(14-15)6-3-4-11-19-12-5-9-18-10-13-19/h3,6-8,14,18H,4-5,9-13H2,1-2H3/b6-3+. The number of aryl methyl sites for hydroxylation is 1. The summed E-state index contributed by atoms with van der Waals surface area (Å²) in [4.78, 5) is 2.54. The van der Waals surface area contributed by atoms with Crippen LogP contribution < -0.4 is 10.1 Å². The molecule has 0 bridgehead atoms. The van der Waals surface area contributed by atoms with Crippen LogP contribution in [0.1, 0.15) is 24.0 Å². The van der Waals surface area contributed by atoms with E-state index in [1.165, 1.54) is 30.6 Å². The smallest absolute Gasteiger partial charge is 0.126 e. The fourth-order valence-corrected chi connectivity index (χ4v) is 2.58. The average Bonchev–Trinajstić information content (AvgIpc) is 2.72. The number of hydrogen-bond acceptors (Lipinski definition) is 3. The van der Waals surface area contributed by atoms with Crippen LogP contribution in [0.3, 0.4) is 0 Å². The lowest BCUT2D eigenvalue weighted by Crippen LogP contribution is -2.28. The summed E-state index contributed by atoms with van der Waals surface area (Å²) in [5.41, 5.74) is 2.44. The van der Waals surface area contributed by atoms with Gasteiger partial charge in [0, 0.05) is 25.2 Å². The second kappa shape index (κ2) is 8.08. The zero-order valence-corrected chi connectivity index (χ0v) is 12.7. The first-order chi connectivity index (χ1) is 9.79. The molecule has 3 nitrogen and oxygen atoms in total. The lowest BCUT2D eigenvalue weighted by Gasteiger charge is -2.17. The first-order valence-electron chi connectivity index (χ1n) is 7.54. The summed E-state index contributed by atoms with van der Waals surface area (Å²) in [5.74, 6) is 0.950. The van der Waals surface area contributed by atoms with Gasteiger partial charge in [0.15, 0.2) is 0 Å². The second-order valence-corrected chi connectivity index (χ2v) is 5.38. The van der Waals surface area contributed by atoms with Crippen molar-refractivity contribution in [3.8, 4) is 5.75 Å². The highest BCUT2D eigenvalue weighted by molar-refractivity contribution is 5.58. The maximum Gasteiger partial charge on any atom is 0.126 e. The number of rotatable bonds is 5. The van der Waals surface area contributed by atoms with E-state index < -0.39 is 0 Å². The minimum absolute atomic E-state index is 0.950. The number of methoxy groups -OCH3 is 1. The van der Waals surface area contributed by atoms with Gasteiger partial charge in [-0.3, -0.25) is 0 Å². The summed E-state index contributed by atoms with van der Waals surface area (Å²) in [7, 11) is 1.73. The molecule has 20 heavy (non-hydrogen) atoms. The van der Waals surface area contributed by atoms with Crippen molar-refractivity contribution >= 4 is 6.08 Å². The van der Waals surface area contributed by atoms with Crippen molar-refractivity contribution in [3.63, 3.8) is 0 Å². The van der Waals surface area contributed by atoms with Crippen molar-refractivity contribution in [1.29, 1.82) is 0 Å². The Kier molecular flexibility index (Phi) is 6.09. The van der Waals surface area contributed by atoms with Gasteiger partial charge in [-0.05, 0) is 45.0 Å². The van der Waals surface area contributed by atoms with Gasteiger partial charge >= 0.3 is 0 Å². The SMILES string of the molecule is COc1ccc(C)cc1/C=C/CCN1CCCNCC1. The molecular weight excluding hydrogens is 248 g/mol. The van der Waals surface area contributed by atoms with Gasteiger partial charge in [0.1, 0.15) is 5.75 Å². The molecule has 1 aliphatic rings. The number of hydrogen-bond donors (Lipinski definition) is 1. The highest BCUT2D eigenvalue weighted by Crippen LogP contribution is 2.21. The van der Waals surface area contributed by atoms with Crippen molar-refractivity contribution in [1.82, 2.24) is 10.2 Å². The molecule has 0 atom stereocenters. The van der Waals surface area contributed by atoms with Crippen molar-refractivity contribution < 1.29 is 4.74 Å². The first kappa shape index (κ1) is 15.1. The summed E-state index contributed by atoms with van der Waals surface area (Å²) < 4.78 is 5.39. The molecule has 1 heterocycles. The van der Waals surface area contributed by atoms with Crippen LogP contribution in [0, 0.1) is 6.92 Å². The minimum atomic E-state index is 0.950. The molecule has 0 spiro atoms. The molecule has 110 valence electrons. The Balaban J connectivity index is 1.85. The molecule has 1 aromatic carbocycles. The van der Waals surface area contributed by atoms with Gasteiger partial charge in [-0.2, -0.15) is 0 Å². The van der Waals surface area contributed by atoms with E-state index in [0.717, 1.165) is 31.8 Å². The van der Waals surface area contributed by atoms with E-state index in [1.807, 2.05) is 6.07 Å².